The van der Waals surface area contributed by atoms with Gasteiger partial charge in [-0.05, 0) is 6.42 Å². The minimum absolute atomic E-state index is 0.244. The van der Waals surface area contributed by atoms with Gasteiger partial charge in [0.15, 0.2) is 5.82 Å². The van der Waals surface area contributed by atoms with E-state index in [1.165, 1.54) is 6.26 Å². The number of nitrogens with one attached hydrogen (secondary N) is 1. The molecule has 1 heterocycles. The molecule has 0 spiro atoms. The number of aromatic nitrogens is 1. The van der Waals surface area contributed by atoms with Crippen molar-refractivity contribution in [2.24, 2.45) is 5.73 Å². The van der Waals surface area contributed by atoms with Gasteiger partial charge in [-0.3, -0.25) is 4.79 Å². The Hall–Kier alpha value is -1.36. The number of rotatable bonds is 3. The van der Waals surface area contributed by atoms with E-state index in [0.717, 1.165) is 0 Å². The van der Waals surface area contributed by atoms with E-state index in [0.29, 0.717) is 12.2 Å². The minimum Gasteiger partial charge on any atom is -0.363 e. The topological polar surface area (TPSA) is 81.2 Å². The molecule has 0 aliphatic rings. The third-order valence-corrected chi connectivity index (χ3v) is 1.47. The molecule has 0 radical (unpaired) electrons. The highest BCUT2D eigenvalue weighted by Gasteiger charge is 2.11. The summed E-state index contributed by atoms with van der Waals surface area (Å²) in [5.41, 5.74) is 5.46. The largest absolute Gasteiger partial charge is 0.363 e. The Morgan fingerprint density at radius 2 is 2.67 bits per heavy atom. The Balaban J connectivity index is 2.47. The van der Waals surface area contributed by atoms with Crippen LogP contribution in [0.5, 0.6) is 0 Å². The maximum atomic E-state index is 11.1. The molecule has 1 amide bonds. The van der Waals surface area contributed by atoms with Crippen LogP contribution in [0.15, 0.2) is 16.9 Å². The van der Waals surface area contributed by atoms with E-state index in [-0.39, 0.29) is 5.91 Å². The Morgan fingerprint density at radius 3 is 3.17 bits per heavy atom. The van der Waals surface area contributed by atoms with Gasteiger partial charge < -0.3 is 15.6 Å². The van der Waals surface area contributed by atoms with Gasteiger partial charge in [-0.15, -0.1) is 0 Å². The Bertz CT molecular complexity index is 245. The molecule has 0 saturated heterocycles. The molecule has 1 rings (SSSR count). The molecule has 0 aliphatic heterocycles. The first-order chi connectivity index (χ1) is 5.74. The molecule has 1 atom stereocenters. The number of hydrogen-bond acceptors (Lipinski definition) is 4. The third-order valence-electron chi connectivity index (χ3n) is 1.47. The lowest BCUT2D eigenvalue weighted by molar-refractivity contribution is -0.117. The van der Waals surface area contributed by atoms with Crippen LogP contribution in [0.2, 0.25) is 0 Å². The SMILES string of the molecule is CC[C@@H](N)C(=O)Nc1ccon1. The predicted octanol–water partition coefficient (Wildman–Crippen LogP) is 0.350. The number of nitrogens with two attached hydrogens (primary N) is 1. The number of hydrogen-bond donors (Lipinski definition) is 2. The number of amides is 1. The summed E-state index contributed by atoms with van der Waals surface area (Å²) in [4.78, 5) is 11.1. The van der Waals surface area contributed by atoms with E-state index in [1.807, 2.05) is 6.92 Å². The van der Waals surface area contributed by atoms with Crippen molar-refractivity contribution in [2.45, 2.75) is 19.4 Å². The van der Waals surface area contributed by atoms with Gasteiger partial charge in [-0.2, -0.15) is 0 Å². The average molecular weight is 169 g/mol. The zero-order valence-corrected chi connectivity index (χ0v) is 6.78. The van der Waals surface area contributed by atoms with Crippen molar-refractivity contribution in [1.29, 1.82) is 0 Å². The summed E-state index contributed by atoms with van der Waals surface area (Å²) in [7, 11) is 0. The molecule has 0 bridgehead atoms. The van der Waals surface area contributed by atoms with Crippen molar-refractivity contribution in [3.05, 3.63) is 12.3 Å². The Kier molecular flexibility index (Phi) is 2.82. The lowest BCUT2D eigenvalue weighted by atomic mass is 10.2. The van der Waals surface area contributed by atoms with E-state index in [9.17, 15) is 4.79 Å². The minimum atomic E-state index is -0.485. The molecule has 5 heteroatoms. The fourth-order valence-corrected chi connectivity index (χ4v) is 0.681. The Labute approximate surface area is 69.9 Å². The van der Waals surface area contributed by atoms with Crippen LogP contribution in [0, 0.1) is 0 Å². The van der Waals surface area contributed by atoms with Crippen LogP contribution in [0.25, 0.3) is 0 Å². The molecular formula is C7H11N3O2. The maximum Gasteiger partial charge on any atom is 0.242 e. The predicted molar refractivity (Wildman–Crippen MR) is 43.4 cm³/mol. The van der Waals surface area contributed by atoms with Crippen LogP contribution < -0.4 is 11.1 Å². The first kappa shape index (κ1) is 8.73. The molecule has 0 aliphatic carbocycles. The van der Waals surface area contributed by atoms with Crippen molar-refractivity contribution in [3.8, 4) is 0 Å². The number of nitrogens with zero attached hydrogens (tertiary/aromatic N) is 1. The van der Waals surface area contributed by atoms with E-state index in [4.69, 9.17) is 5.73 Å². The molecule has 1 aromatic heterocycles. The summed E-state index contributed by atoms with van der Waals surface area (Å²) in [6, 6.07) is 1.07. The van der Waals surface area contributed by atoms with E-state index >= 15 is 0 Å². The molecule has 3 N–H and O–H groups in total. The molecular weight excluding hydrogens is 158 g/mol. The van der Waals surface area contributed by atoms with Gasteiger partial charge in [-0.25, -0.2) is 0 Å². The standard InChI is InChI=1S/C7H11N3O2/c1-2-5(8)7(11)9-6-3-4-12-10-6/h3-5H,2,8H2,1H3,(H,9,10,11)/t5-/m1/s1. The van der Waals surface area contributed by atoms with Crippen LogP contribution in [0.3, 0.4) is 0 Å². The Morgan fingerprint density at radius 1 is 1.92 bits per heavy atom. The van der Waals surface area contributed by atoms with Crippen molar-refractivity contribution in [1.82, 2.24) is 5.16 Å². The number of anilines is 1. The maximum absolute atomic E-state index is 11.1. The van der Waals surface area contributed by atoms with Crippen LogP contribution in [-0.4, -0.2) is 17.1 Å². The van der Waals surface area contributed by atoms with Crippen LogP contribution in [-0.2, 0) is 4.79 Å². The summed E-state index contributed by atoms with van der Waals surface area (Å²) in [5.74, 6) is 0.148. The second-order valence-corrected chi connectivity index (χ2v) is 2.39. The normalized spacial score (nSPS) is 12.5. The second-order valence-electron chi connectivity index (χ2n) is 2.39. The van der Waals surface area contributed by atoms with E-state index < -0.39 is 6.04 Å². The van der Waals surface area contributed by atoms with Gasteiger partial charge >= 0.3 is 0 Å². The fraction of sp³-hybridized carbons (Fsp3) is 0.429. The van der Waals surface area contributed by atoms with Crippen LogP contribution in [0.1, 0.15) is 13.3 Å². The highest BCUT2D eigenvalue weighted by Crippen LogP contribution is 2.01. The summed E-state index contributed by atoms with van der Waals surface area (Å²) in [5, 5.41) is 6.01. The molecule has 0 unspecified atom stereocenters. The van der Waals surface area contributed by atoms with Gasteiger partial charge in [0.05, 0.1) is 6.04 Å². The van der Waals surface area contributed by atoms with Crippen molar-refractivity contribution < 1.29 is 9.32 Å². The van der Waals surface area contributed by atoms with E-state index in [2.05, 4.69) is 15.0 Å². The molecule has 0 saturated carbocycles. The van der Waals surface area contributed by atoms with Gasteiger partial charge in [0.25, 0.3) is 0 Å². The highest BCUT2D eigenvalue weighted by atomic mass is 16.5. The number of carbonyl (C=O) groups excluding carboxylic acids is 1. The summed E-state index contributed by atoms with van der Waals surface area (Å²) in [6.45, 7) is 1.84. The highest BCUT2D eigenvalue weighted by molar-refractivity contribution is 5.93. The number of carbonyl (C=O) groups is 1. The molecule has 5 nitrogen and oxygen atoms in total. The summed E-state index contributed by atoms with van der Waals surface area (Å²) < 4.78 is 4.52. The molecule has 0 fully saturated rings. The lowest BCUT2D eigenvalue weighted by Gasteiger charge is -2.06. The molecule has 1 aromatic rings. The summed E-state index contributed by atoms with van der Waals surface area (Å²) in [6.07, 6.45) is 1.98. The quantitative estimate of drug-likeness (QED) is 0.684. The first-order valence-electron chi connectivity index (χ1n) is 3.71. The zero-order valence-electron chi connectivity index (χ0n) is 6.78. The molecule has 66 valence electrons. The molecule has 0 aromatic carbocycles. The van der Waals surface area contributed by atoms with Crippen molar-refractivity contribution in [3.63, 3.8) is 0 Å². The first-order valence-corrected chi connectivity index (χ1v) is 3.71. The second kappa shape index (κ2) is 3.87. The lowest BCUT2D eigenvalue weighted by Crippen LogP contribution is -2.34. The monoisotopic (exact) mass is 169 g/mol. The van der Waals surface area contributed by atoms with Gasteiger partial charge in [-0.1, -0.05) is 12.1 Å². The van der Waals surface area contributed by atoms with Gasteiger partial charge in [0.2, 0.25) is 5.91 Å². The molecule has 12 heavy (non-hydrogen) atoms. The van der Waals surface area contributed by atoms with Crippen molar-refractivity contribution >= 4 is 11.7 Å². The summed E-state index contributed by atoms with van der Waals surface area (Å²) >= 11 is 0. The van der Waals surface area contributed by atoms with Gasteiger partial charge in [0.1, 0.15) is 6.26 Å². The third kappa shape index (κ3) is 2.06. The van der Waals surface area contributed by atoms with Crippen LogP contribution >= 0.6 is 0 Å². The van der Waals surface area contributed by atoms with Gasteiger partial charge in [0, 0.05) is 6.07 Å². The average Bonchev–Trinajstić information content (AvgIpc) is 2.55. The fourth-order valence-electron chi connectivity index (χ4n) is 0.681. The van der Waals surface area contributed by atoms with E-state index in [1.54, 1.807) is 6.07 Å². The zero-order chi connectivity index (χ0) is 8.97. The van der Waals surface area contributed by atoms with Crippen molar-refractivity contribution in [2.75, 3.05) is 5.32 Å². The smallest absolute Gasteiger partial charge is 0.242 e. The van der Waals surface area contributed by atoms with Crippen LogP contribution in [0.4, 0.5) is 5.82 Å².